The zero-order valence-corrected chi connectivity index (χ0v) is 4.09. The second-order valence-corrected chi connectivity index (χ2v) is 0.327. The molecule has 30 valence electrons. The maximum absolute atomic E-state index is 10.1. The van der Waals surface area contributed by atoms with Crippen LogP contribution in [0.1, 0.15) is 0 Å². The molecule has 0 nitrogen and oxygen atoms in total. The number of rotatable bonds is 0. The van der Waals surface area contributed by atoms with E-state index in [9.17, 15) is 4.39 Å². The summed E-state index contributed by atoms with van der Waals surface area (Å²) in [5, 5.41) is 0. The van der Waals surface area contributed by atoms with E-state index in [0.717, 1.165) is 0 Å². The molecule has 0 amide bonds. The Morgan fingerprint density at radius 1 is 1.75 bits per heavy atom. The van der Waals surface area contributed by atoms with Gasteiger partial charge < -0.3 is 12.6 Å². The van der Waals surface area contributed by atoms with Gasteiger partial charge in [-0.2, -0.15) is 0 Å². The first-order valence-corrected chi connectivity index (χ1v) is 1.13. The van der Waals surface area contributed by atoms with Crippen molar-refractivity contribution in [3.63, 3.8) is 0 Å². The molecule has 0 radical (unpaired) electrons. The summed E-state index contributed by atoms with van der Waals surface area (Å²) in [4.78, 5) is 0. The molecule has 0 aromatic rings. The average Bonchev–Trinajstić information content (AvgIpc) is 0.918. The fourth-order valence-electron chi connectivity index (χ4n) is 0. The minimum atomic E-state index is -0.667. The maximum atomic E-state index is 10.1. The van der Waals surface area contributed by atoms with Crippen molar-refractivity contribution in [2.75, 3.05) is 6.01 Å². The van der Waals surface area contributed by atoms with Crippen molar-refractivity contribution in [2.45, 2.75) is 0 Å². The number of hydrogen-bond donors (Lipinski definition) is 0. The van der Waals surface area contributed by atoms with Gasteiger partial charge in [-0.1, -0.05) is 0 Å². The topological polar surface area (TPSA) is 0 Å². The van der Waals surface area contributed by atoms with Crippen LogP contribution in [0.5, 0.6) is 0 Å². The van der Waals surface area contributed by atoms with E-state index in [2.05, 4.69) is 12.6 Å². The Morgan fingerprint density at radius 2 is 1.75 bits per heavy atom. The van der Waals surface area contributed by atoms with Crippen LogP contribution in [0, 0.1) is 0 Å². The first-order chi connectivity index (χ1) is 1.41. The number of alkyl halides is 1. The molecule has 0 unspecified atom stereocenters. The van der Waals surface area contributed by atoms with Crippen LogP contribution >= 0.6 is 0 Å². The molecule has 0 N–H and O–H groups in total. The Hall–Kier alpha value is 1.02. The van der Waals surface area contributed by atoms with E-state index in [4.69, 9.17) is 0 Å². The molecule has 4 heavy (non-hydrogen) atoms. The fraction of sp³-hybridized carbons (Fsp3) is 1.00. The number of halogens is 1. The van der Waals surface area contributed by atoms with Crippen LogP contribution in [0.4, 0.5) is 4.39 Å². The van der Waals surface area contributed by atoms with Crippen molar-refractivity contribution >= 4 is 12.6 Å². The molecule has 0 saturated carbocycles. The van der Waals surface area contributed by atoms with Crippen molar-refractivity contribution < 1.29 is 26.8 Å². The van der Waals surface area contributed by atoms with Crippen LogP contribution in [0.25, 0.3) is 0 Å². The van der Waals surface area contributed by atoms with E-state index in [1.54, 1.807) is 0 Å². The van der Waals surface area contributed by atoms with Crippen LogP contribution in [-0.4, -0.2) is 6.01 Å². The summed E-state index contributed by atoms with van der Waals surface area (Å²) in [7, 11) is 0. The molecule has 0 atom stereocenters. The van der Waals surface area contributed by atoms with Gasteiger partial charge in [0.1, 0.15) is 0 Å². The van der Waals surface area contributed by atoms with Gasteiger partial charge in [0.15, 0.2) is 0 Å². The minimum absolute atomic E-state index is 0. The molecular formula is CH2AgFS. The second-order valence-electron chi connectivity index (χ2n) is 0.109. The summed E-state index contributed by atoms with van der Waals surface area (Å²) in [5.41, 5.74) is 0. The molecule has 0 saturated heterocycles. The van der Waals surface area contributed by atoms with Gasteiger partial charge in [0.2, 0.25) is 0 Å². The van der Waals surface area contributed by atoms with Gasteiger partial charge in [0.25, 0.3) is 0 Å². The molecule has 0 bridgehead atoms. The van der Waals surface area contributed by atoms with Crippen molar-refractivity contribution in [2.24, 2.45) is 0 Å². The molecule has 0 fully saturated rings. The van der Waals surface area contributed by atoms with E-state index in [1.165, 1.54) is 0 Å². The van der Waals surface area contributed by atoms with Gasteiger partial charge in [0, 0.05) is 0 Å². The summed E-state index contributed by atoms with van der Waals surface area (Å²) >= 11 is 3.73. The number of hydrogen-bond acceptors (Lipinski definition) is 1. The van der Waals surface area contributed by atoms with Crippen LogP contribution < -0.4 is 0 Å². The normalized spacial score (nSPS) is 4.50. The molecule has 0 aromatic heterocycles. The average molecular weight is 173 g/mol. The van der Waals surface area contributed by atoms with Gasteiger partial charge >= 0.3 is 22.4 Å². The zero-order valence-electron chi connectivity index (χ0n) is 1.79. The standard InChI is InChI=1S/CH3FS.Ag/c2-1-3;/h3H,1H2;/q;+1/p-1. The van der Waals surface area contributed by atoms with E-state index >= 15 is 0 Å². The SMILES string of the molecule is FC[S-].[Ag+]. The quantitative estimate of drug-likeness (QED) is 0.378. The molecule has 0 rings (SSSR count). The Balaban J connectivity index is 0. The summed E-state index contributed by atoms with van der Waals surface area (Å²) in [6, 6.07) is -0.667. The molecule has 0 spiro atoms. The Morgan fingerprint density at radius 3 is 1.75 bits per heavy atom. The fourth-order valence-corrected chi connectivity index (χ4v) is 0. The summed E-state index contributed by atoms with van der Waals surface area (Å²) in [6.07, 6.45) is 0. The first-order valence-electron chi connectivity index (χ1n) is 0.556. The molecule has 0 aliphatic carbocycles. The van der Waals surface area contributed by atoms with E-state index in [0.29, 0.717) is 0 Å². The maximum Gasteiger partial charge on any atom is 1.00 e. The summed E-state index contributed by atoms with van der Waals surface area (Å²) < 4.78 is 10.1. The second kappa shape index (κ2) is 8.99. The van der Waals surface area contributed by atoms with E-state index in [1.807, 2.05) is 0 Å². The van der Waals surface area contributed by atoms with Crippen molar-refractivity contribution in [3.8, 4) is 0 Å². The van der Waals surface area contributed by atoms with Gasteiger partial charge in [-0.25, -0.2) is 0 Å². The third-order valence-corrected chi connectivity index (χ3v) is 0. The smallest absolute Gasteiger partial charge is 0.759 e. The van der Waals surface area contributed by atoms with Crippen LogP contribution in [0.3, 0.4) is 0 Å². The van der Waals surface area contributed by atoms with Crippen molar-refractivity contribution in [3.05, 3.63) is 0 Å². The Labute approximate surface area is 45.7 Å². The molecule has 0 aliphatic rings. The molecule has 0 heterocycles. The zero-order chi connectivity index (χ0) is 2.71. The molecular weight excluding hydrogens is 171 g/mol. The predicted molar refractivity (Wildman–Crippen MR) is 13.3 cm³/mol. The van der Waals surface area contributed by atoms with Gasteiger partial charge in [-0.15, -0.1) is 0 Å². The van der Waals surface area contributed by atoms with Gasteiger partial charge in [-0.3, -0.25) is 4.39 Å². The Bertz CT molecular complexity index is 8.00. The molecule has 0 aromatic carbocycles. The van der Waals surface area contributed by atoms with E-state index < -0.39 is 6.01 Å². The van der Waals surface area contributed by atoms with Crippen LogP contribution in [-0.2, 0) is 35.0 Å². The third-order valence-electron chi connectivity index (χ3n) is 0. The Kier molecular flexibility index (Phi) is 20.0. The third kappa shape index (κ3) is 11.8. The molecule has 3 heteroatoms. The largest absolute Gasteiger partial charge is 1.00 e. The predicted octanol–water partition coefficient (Wildman–Crippen LogP) is 0.458. The first kappa shape index (κ1) is 8.89. The van der Waals surface area contributed by atoms with Gasteiger partial charge in [-0.05, 0) is 6.01 Å². The van der Waals surface area contributed by atoms with E-state index in [-0.39, 0.29) is 22.4 Å². The summed E-state index contributed by atoms with van der Waals surface area (Å²) in [5.74, 6) is 0. The monoisotopic (exact) mass is 172 g/mol. The van der Waals surface area contributed by atoms with Crippen LogP contribution in [0.15, 0.2) is 0 Å². The summed E-state index contributed by atoms with van der Waals surface area (Å²) in [6.45, 7) is 0. The van der Waals surface area contributed by atoms with Crippen LogP contribution in [0.2, 0.25) is 0 Å². The van der Waals surface area contributed by atoms with Crippen molar-refractivity contribution in [1.29, 1.82) is 0 Å². The molecule has 0 aliphatic heterocycles. The van der Waals surface area contributed by atoms with Crippen molar-refractivity contribution in [1.82, 2.24) is 0 Å². The minimum Gasteiger partial charge on any atom is -0.759 e. The van der Waals surface area contributed by atoms with Gasteiger partial charge in [0.05, 0.1) is 0 Å².